The van der Waals surface area contributed by atoms with Crippen molar-refractivity contribution in [2.75, 3.05) is 18.6 Å². The van der Waals surface area contributed by atoms with Crippen LogP contribution in [0.25, 0.3) is 0 Å². The summed E-state index contributed by atoms with van der Waals surface area (Å²) >= 11 is 1.66. The van der Waals surface area contributed by atoms with Crippen molar-refractivity contribution < 1.29 is 14.4 Å². The standard InChI is InChI=1S/C11H18N2O3S/c1-8-6-9(13-16-8)10(14)12-7-11(2,15)4-5-17-3/h6,15H,4-5,7H2,1-3H3,(H,12,14)/t11-/m0/s1. The van der Waals surface area contributed by atoms with E-state index in [0.717, 1.165) is 5.75 Å². The minimum Gasteiger partial charge on any atom is -0.388 e. The van der Waals surface area contributed by atoms with E-state index in [4.69, 9.17) is 4.52 Å². The first-order chi connectivity index (χ1) is 7.94. The van der Waals surface area contributed by atoms with Crippen LogP contribution in [0.15, 0.2) is 10.6 Å². The lowest BCUT2D eigenvalue weighted by atomic mass is 10.0. The molecule has 5 nitrogen and oxygen atoms in total. The fourth-order valence-electron chi connectivity index (χ4n) is 1.24. The van der Waals surface area contributed by atoms with Crippen LogP contribution >= 0.6 is 11.8 Å². The highest BCUT2D eigenvalue weighted by Crippen LogP contribution is 2.11. The number of rotatable bonds is 6. The molecule has 1 aromatic heterocycles. The number of thioether (sulfide) groups is 1. The van der Waals surface area contributed by atoms with Crippen molar-refractivity contribution in [3.05, 3.63) is 17.5 Å². The summed E-state index contributed by atoms with van der Waals surface area (Å²) in [6.07, 6.45) is 2.61. The van der Waals surface area contributed by atoms with E-state index in [2.05, 4.69) is 10.5 Å². The van der Waals surface area contributed by atoms with E-state index in [9.17, 15) is 9.90 Å². The van der Waals surface area contributed by atoms with Gasteiger partial charge in [0.15, 0.2) is 5.69 Å². The number of hydrogen-bond donors (Lipinski definition) is 2. The van der Waals surface area contributed by atoms with Gasteiger partial charge >= 0.3 is 0 Å². The molecule has 0 saturated heterocycles. The average molecular weight is 258 g/mol. The van der Waals surface area contributed by atoms with Gasteiger partial charge in [0.25, 0.3) is 5.91 Å². The molecule has 2 N–H and O–H groups in total. The van der Waals surface area contributed by atoms with Crippen LogP contribution in [-0.4, -0.2) is 40.3 Å². The van der Waals surface area contributed by atoms with Crippen molar-refractivity contribution in [1.82, 2.24) is 10.5 Å². The zero-order chi connectivity index (χ0) is 12.9. The van der Waals surface area contributed by atoms with E-state index in [1.54, 1.807) is 31.7 Å². The largest absolute Gasteiger partial charge is 0.388 e. The molecule has 0 radical (unpaired) electrons. The fraction of sp³-hybridized carbons (Fsp3) is 0.636. The van der Waals surface area contributed by atoms with Crippen molar-refractivity contribution in [3.8, 4) is 0 Å². The highest BCUT2D eigenvalue weighted by atomic mass is 32.2. The van der Waals surface area contributed by atoms with Gasteiger partial charge in [-0.1, -0.05) is 5.16 Å². The smallest absolute Gasteiger partial charge is 0.273 e. The summed E-state index contributed by atoms with van der Waals surface area (Å²) in [5.74, 6) is 1.11. The maximum absolute atomic E-state index is 11.6. The molecule has 1 rings (SSSR count). The van der Waals surface area contributed by atoms with Gasteiger partial charge in [-0.15, -0.1) is 0 Å². The van der Waals surface area contributed by atoms with Crippen molar-refractivity contribution in [2.45, 2.75) is 25.9 Å². The average Bonchev–Trinajstić information content (AvgIpc) is 2.70. The van der Waals surface area contributed by atoms with E-state index < -0.39 is 5.60 Å². The topological polar surface area (TPSA) is 75.4 Å². The van der Waals surface area contributed by atoms with Crippen molar-refractivity contribution >= 4 is 17.7 Å². The molecule has 0 spiro atoms. The molecule has 17 heavy (non-hydrogen) atoms. The molecule has 0 bridgehead atoms. The molecule has 1 heterocycles. The molecular formula is C11H18N2O3S. The Morgan fingerprint density at radius 3 is 2.94 bits per heavy atom. The monoisotopic (exact) mass is 258 g/mol. The number of nitrogens with one attached hydrogen (secondary N) is 1. The summed E-state index contributed by atoms with van der Waals surface area (Å²) in [6.45, 7) is 3.63. The summed E-state index contributed by atoms with van der Waals surface area (Å²) in [5.41, 5.74) is -0.652. The Morgan fingerprint density at radius 2 is 2.41 bits per heavy atom. The predicted octanol–water partition coefficient (Wildman–Crippen LogP) is 1.22. The number of aromatic nitrogens is 1. The predicted molar refractivity (Wildman–Crippen MR) is 67.2 cm³/mol. The van der Waals surface area contributed by atoms with E-state index in [1.165, 1.54) is 0 Å². The van der Waals surface area contributed by atoms with E-state index in [0.29, 0.717) is 12.2 Å². The van der Waals surface area contributed by atoms with Crippen molar-refractivity contribution in [3.63, 3.8) is 0 Å². The van der Waals surface area contributed by atoms with Gasteiger partial charge in [0.1, 0.15) is 5.76 Å². The van der Waals surface area contributed by atoms with Crippen LogP contribution in [0.5, 0.6) is 0 Å². The molecule has 1 amide bonds. The lowest BCUT2D eigenvalue weighted by Gasteiger charge is -2.22. The molecule has 0 fully saturated rings. The minimum absolute atomic E-state index is 0.207. The molecule has 0 aliphatic heterocycles. The maximum atomic E-state index is 11.6. The second-order valence-electron chi connectivity index (χ2n) is 4.25. The van der Waals surface area contributed by atoms with Crippen LogP contribution in [0.2, 0.25) is 0 Å². The Hall–Kier alpha value is -1.01. The summed E-state index contributed by atoms with van der Waals surface area (Å²) in [6, 6.07) is 1.56. The Bertz CT molecular complexity index is 377. The molecule has 1 aromatic rings. The first-order valence-electron chi connectivity index (χ1n) is 5.37. The Kier molecular flexibility index (Phi) is 5.02. The van der Waals surface area contributed by atoms with Crippen LogP contribution in [0.4, 0.5) is 0 Å². The molecule has 96 valence electrons. The van der Waals surface area contributed by atoms with Gasteiger partial charge in [0, 0.05) is 12.6 Å². The minimum atomic E-state index is -0.891. The molecule has 1 atom stereocenters. The first-order valence-corrected chi connectivity index (χ1v) is 6.77. The molecular weight excluding hydrogens is 240 g/mol. The highest BCUT2D eigenvalue weighted by molar-refractivity contribution is 7.98. The van der Waals surface area contributed by atoms with Gasteiger partial charge in [-0.05, 0) is 32.3 Å². The van der Waals surface area contributed by atoms with Gasteiger partial charge in [-0.25, -0.2) is 0 Å². The van der Waals surface area contributed by atoms with Crippen LogP contribution in [0.1, 0.15) is 29.6 Å². The number of aliphatic hydroxyl groups is 1. The van der Waals surface area contributed by atoms with Crippen molar-refractivity contribution in [2.24, 2.45) is 0 Å². The Morgan fingerprint density at radius 1 is 1.71 bits per heavy atom. The number of nitrogens with zero attached hydrogens (tertiary/aromatic N) is 1. The summed E-state index contributed by atoms with van der Waals surface area (Å²) in [4.78, 5) is 11.6. The molecule has 0 aromatic carbocycles. The molecule has 6 heteroatoms. The third kappa shape index (κ3) is 4.79. The van der Waals surface area contributed by atoms with Gasteiger partial charge in [0.05, 0.1) is 5.60 Å². The number of carbonyl (C=O) groups excluding carboxylic acids is 1. The number of hydrogen-bond acceptors (Lipinski definition) is 5. The SMILES string of the molecule is CSCC[C@](C)(O)CNC(=O)c1cc(C)on1. The summed E-state index contributed by atoms with van der Waals surface area (Å²) in [7, 11) is 0. The fourth-order valence-corrected chi connectivity index (χ4v) is 1.89. The molecule has 0 aliphatic rings. The molecule has 0 saturated carbocycles. The van der Waals surface area contributed by atoms with E-state index >= 15 is 0 Å². The van der Waals surface area contributed by atoms with Gasteiger partial charge in [-0.2, -0.15) is 11.8 Å². The third-order valence-electron chi connectivity index (χ3n) is 2.34. The summed E-state index contributed by atoms with van der Waals surface area (Å²) in [5, 5.41) is 16.2. The third-order valence-corrected chi connectivity index (χ3v) is 2.95. The highest BCUT2D eigenvalue weighted by Gasteiger charge is 2.21. The van der Waals surface area contributed by atoms with Crippen LogP contribution in [-0.2, 0) is 0 Å². The van der Waals surface area contributed by atoms with Gasteiger partial charge < -0.3 is 14.9 Å². The lowest BCUT2D eigenvalue weighted by Crippen LogP contribution is -2.41. The first kappa shape index (κ1) is 14.1. The lowest BCUT2D eigenvalue weighted by molar-refractivity contribution is 0.0526. The van der Waals surface area contributed by atoms with Crippen LogP contribution in [0.3, 0.4) is 0 Å². The van der Waals surface area contributed by atoms with Gasteiger partial charge in [0.2, 0.25) is 0 Å². The quantitative estimate of drug-likeness (QED) is 0.802. The normalized spacial score (nSPS) is 14.4. The summed E-state index contributed by atoms with van der Waals surface area (Å²) < 4.78 is 4.81. The zero-order valence-electron chi connectivity index (χ0n) is 10.3. The van der Waals surface area contributed by atoms with E-state index in [-0.39, 0.29) is 18.1 Å². The molecule has 0 unspecified atom stereocenters. The maximum Gasteiger partial charge on any atom is 0.273 e. The Labute approximate surface area is 105 Å². The number of carbonyl (C=O) groups is 1. The van der Waals surface area contributed by atoms with Crippen LogP contribution < -0.4 is 5.32 Å². The Balaban J connectivity index is 2.42. The molecule has 0 aliphatic carbocycles. The van der Waals surface area contributed by atoms with Gasteiger partial charge in [-0.3, -0.25) is 4.79 Å². The van der Waals surface area contributed by atoms with E-state index in [1.807, 2.05) is 6.26 Å². The number of aryl methyl sites for hydroxylation is 1. The van der Waals surface area contributed by atoms with Crippen molar-refractivity contribution in [1.29, 1.82) is 0 Å². The second-order valence-corrected chi connectivity index (χ2v) is 5.23. The zero-order valence-corrected chi connectivity index (χ0v) is 11.1. The number of amides is 1. The second kappa shape index (κ2) is 6.07. The van der Waals surface area contributed by atoms with Crippen LogP contribution in [0, 0.1) is 6.92 Å².